The predicted molar refractivity (Wildman–Crippen MR) is 146 cm³/mol. The van der Waals surface area contributed by atoms with E-state index in [4.69, 9.17) is 14.2 Å². The van der Waals surface area contributed by atoms with Crippen LogP contribution in [0.5, 0.6) is 0 Å². The van der Waals surface area contributed by atoms with E-state index in [1.54, 1.807) is 20.8 Å². The zero-order chi connectivity index (χ0) is 28.3. The van der Waals surface area contributed by atoms with Crippen LogP contribution >= 0.6 is 15.9 Å². The van der Waals surface area contributed by atoms with Crippen molar-refractivity contribution in [1.82, 2.24) is 10.6 Å². The van der Waals surface area contributed by atoms with Crippen LogP contribution in [0.4, 0.5) is 13.6 Å². The van der Waals surface area contributed by atoms with Gasteiger partial charge in [-0.1, -0.05) is 28.1 Å². The van der Waals surface area contributed by atoms with Gasteiger partial charge in [-0.2, -0.15) is 0 Å². The van der Waals surface area contributed by atoms with Crippen molar-refractivity contribution in [3.63, 3.8) is 0 Å². The van der Waals surface area contributed by atoms with Crippen molar-refractivity contribution in [2.24, 2.45) is 0 Å². The van der Waals surface area contributed by atoms with Crippen LogP contribution in [-0.2, 0) is 26.2 Å². The van der Waals surface area contributed by atoms with Crippen LogP contribution in [-0.4, -0.2) is 54.5 Å². The Balaban J connectivity index is 1.53. The van der Waals surface area contributed by atoms with Crippen LogP contribution in [0.1, 0.15) is 57.6 Å². The molecule has 2 fully saturated rings. The Morgan fingerprint density at radius 2 is 1.72 bits per heavy atom. The molecule has 4 rings (SSSR count). The minimum absolute atomic E-state index is 0.00540. The topological polar surface area (TPSA) is 89.1 Å². The smallest absolute Gasteiger partial charge is 0.407 e. The van der Waals surface area contributed by atoms with Crippen LogP contribution in [0.3, 0.4) is 0 Å². The number of carbonyl (C=O) groups excluding carboxylic acids is 1. The number of rotatable bonds is 8. The normalized spacial score (nSPS) is 20.0. The Kier molecular flexibility index (Phi) is 9.33. The number of nitrogens with one attached hydrogen (secondary N) is 2. The van der Waals surface area contributed by atoms with Gasteiger partial charge in [0.05, 0.1) is 25.4 Å². The van der Waals surface area contributed by atoms with Gasteiger partial charge in [-0.3, -0.25) is 0 Å². The molecule has 2 atom stereocenters. The Labute approximate surface area is 236 Å². The maximum Gasteiger partial charge on any atom is 0.407 e. The van der Waals surface area contributed by atoms with Crippen LogP contribution in [0.15, 0.2) is 46.9 Å². The number of ether oxygens (including phenoxy) is 3. The molecule has 0 unspecified atom stereocenters. The average molecular weight is 612 g/mol. The van der Waals surface area contributed by atoms with Gasteiger partial charge < -0.3 is 30.0 Å². The van der Waals surface area contributed by atoms with Crippen molar-refractivity contribution in [3.8, 4) is 0 Å². The van der Waals surface area contributed by atoms with Gasteiger partial charge in [0.25, 0.3) is 0 Å². The van der Waals surface area contributed by atoms with Gasteiger partial charge in [0, 0.05) is 35.5 Å². The molecule has 1 amide bonds. The molecular formula is C29H37BrF2N2O5. The predicted octanol–water partition coefficient (Wildman–Crippen LogP) is 5.33. The van der Waals surface area contributed by atoms with Crippen molar-refractivity contribution >= 4 is 22.0 Å². The molecule has 1 spiro atoms. The Hall–Kier alpha value is -2.11. The SMILES string of the molecule is CC(C)(C)OC(=O)N[C@@H](Cc1cc(F)cc(F)c1)[C@H](O)CNC1(c2cccc(Br)c2)CCC2(CC1)OCCO2. The fourth-order valence-corrected chi connectivity index (χ4v) is 5.76. The summed E-state index contributed by atoms with van der Waals surface area (Å²) in [6.07, 6.45) is 0.967. The lowest BCUT2D eigenvalue weighted by molar-refractivity contribution is -0.187. The van der Waals surface area contributed by atoms with Crippen LogP contribution in [0, 0.1) is 11.6 Å². The highest BCUT2D eigenvalue weighted by atomic mass is 79.9. The number of hydrogen-bond donors (Lipinski definition) is 3. The van der Waals surface area contributed by atoms with E-state index in [9.17, 15) is 18.7 Å². The number of benzene rings is 2. The molecule has 1 aliphatic heterocycles. The van der Waals surface area contributed by atoms with Crippen molar-refractivity contribution in [2.45, 2.75) is 81.9 Å². The molecule has 3 N–H and O–H groups in total. The summed E-state index contributed by atoms with van der Waals surface area (Å²) in [7, 11) is 0. The van der Waals surface area contributed by atoms with E-state index in [1.165, 1.54) is 12.1 Å². The number of carbonyl (C=O) groups is 1. The first-order valence-corrected chi connectivity index (χ1v) is 14.1. The summed E-state index contributed by atoms with van der Waals surface area (Å²) < 4.78 is 46.0. The summed E-state index contributed by atoms with van der Waals surface area (Å²) in [4.78, 5) is 12.6. The van der Waals surface area contributed by atoms with Gasteiger partial charge in [0.1, 0.15) is 17.2 Å². The zero-order valence-corrected chi connectivity index (χ0v) is 24.2. The number of amides is 1. The van der Waals surface area contributed by atoms with E-state index in [1.807, 2.05) is 18.2 Å². The molecule has 2 aromatic rings. The number of aliphatic hydroxyl groups excluding tert-OH is 1. The Morgan fingerprint density at radius 1 is 1.08 bits per heavy atom. The Bertz CT molecular complexity index is 1120. The minimum atomic E-state index is -1.09. The molecule has 0 bridgehead atoms. The molecule has 1 heterocycles. The lowest BCUT2D eigenvalue weighted by Gasteiger charge is -2.45. The first-order valence-electron chi connectivity index (χ1n) is 13.3. The van der Waals surface area contributed by atoms with E-state index in [0.717, 1.165) is 16.1 Å². The number of alkyl carbamates (subject to hydrolysis) is 1. The largest absolute Gasteiger partial charge is 0.444 e. The lowest BCUT2D eigenvalue weighted by Crippen LogP contribution is -2.55. The summed E-state index contributed by atoms with van der Waals surface area (Å²) in [5.74, 6) is -2.03. The molecule has 1 saturated heterocycles. The molecule has 10 heteroatoms. The molecule has 0 aromatic heterocycles. The standard InChI is InChI=1S/C29H37BrF2N2O5/c1-27(2,3)39-26(36)34-24(15-19-13-22(31)17-23(32)14-19)25(35)18-33-28(20-5-4-6-21(30)16-20)7-9-29(10-8-28)37-11-12-38-29/h4-6,13-14,16-17,24-25,33,35H,7-12,15,18H2,1-3H3,(H,34,36)/t24-,25+/m0/s1. The number of hydrogen-bond acceptors (Lipinski definition) is 6. The third-order valence-corrected chi connectivity index (χ3v) is 7.74. The third-order valence-electron chi connectivity index (χ3n) is 7.25. The fraction of sp³-hybridized carbons (Fsp3) is 0.552. The van der Waals surface area contributed by atoms with Gasteiger partial charge in [0.15, 0.2) is 5.79 Å². The van der Waals surface area contributed by atoms with Crippen molar-refractivity contribution in [2.75, 3.05) is 19.8 Å². The van der Waals surface area contributed by atoms with Crippen LogP contribution in [0.2, 0.25) is 0 Å². The van der Waals surface area contributed by atoms with E-state index in [2.05, 4.69) is 32.6 Å². The molecule has 214 valence electrons. The quantitative estimate of drug-likeness (QED) is 0.375. The molecule has 0 radical (unpaired) electrons. The summed E-state index contributed by atoms with van der Waals surface area (Å²) in [5, 5.41) is 17.6. The maximum atomic E-state index is 13.9. The Morgan fingerprint density at radius 3 is 2.31 bits per heavy atom. The van der Waals surface area contributed by atoms with Gasteiger partial charge >= 0.3 is 6.09 Å². The molecule has 7 nitrogen and oxygen atoms in total. The summed E-state index contributed by atoms with van der Waals surface area (Å²) in [5.41, 5.74) is 0.133. The first-order chi connectivity index (χ1) is 18.4. The van der Waals surface area contributed by atoms with Gasteiger partial charge in [-0.15, -0.1) is 0 Å². The maximum absolute atomic E-state index is 13.9. The fourth-order valence-electron chi connectivity index (χ4n) is 5.36. The third kappa shape index (κ3) is 7.98. The number of aliphatic hydroxyl groups is 1. The highest BCUT2D eigenvalue weighted by Crippen LogP contribution is 2.45. The van der Waals surface area contributed by atoms with Crippen molar-refractivity contribution in [3.05, 3.63) is 69.7 Å². The van der Waals surface area contributed by atoms with Gasteiger partial charge in [-0.05, 0) is 75.4 Å². The molecule has 2 aromatic carbocycles. The van der Waals surface area contributed by atoms with Gasteiger partial charge in [0.2, 0.25) is 0 Å². The monoisotopic (exact) mass is 610 g/mol. The second-order valence-electron chi connectivity index (χ2n) is 11.4. The van der Waals surface area contributed by atoms with Crippen molar-refractivity contribution in [1.29, 1.82) is 0 Å². The van der Waals surface area contributed by atoms with Crippen LogP contribution < -0.4 is 10.6 Å². The lowest BCUT2D eigenvalue weighted by atomic mass is 9.74. The van der Waals surface area contributed by atoms with E-state index < -0.39 is 46.8 Å². The van der Waals surface area contributed by atoms with E-state index in [0.29, 0.717) is 44.5 Å². The number of halogens is 3. The second-order valence-corrected chi connectivity index (χ2v) is 12.3. The van der Waals surface area contributed by atoms with Crippen molar-refractivity contribution < 1.29 is 32.9 Å². The highest BCUT2D eigenvalue weighted by molar-refractivity contribution is 9.10. The zero-order valence-electron chi connectivity index (χ0n) is 22.6. The van der Waals surface area contributed by atoms with Crippen LogP contribution in [0.25, 0.3) is 0 Å². The van der Waals surface area contributed by atoms with E-state index in [-0.39, 0.29) is 13.0 Å². The molecule has 1 saturated carbocycles. The van der Waals surface area contributed by atoms with Gasteiger partial charge in [-0.25, -0.2) is 13.6 Å². The summed E-state index contributed by atoms with van der Waals surface area (Å²) >= 11 is 3.57. The van der Waals surface area contributed by atoms with E-state index >= 15 is 0 Å². The molecular weight excluding hydrogens is 574 g/mol. The molecule has 39 heavy (non-hydrogen) atoms. The molecule has 2 aliphatic rings. The summed E-state index contributed by atoms with van der Waals surface area (Å²) in [6.45, 7) is 6.47. The summed E-state index contributed by atoms with van der Waals surface area (Å²) in [6, 6.07) is 10.3. The second kappa shape index (κ2) is 12.2. The average Bonchev–Trinajstić information content (AvgIpc) is 3.30. The highest BCUT2D eigenvalue weighted by Gasteiger charge is 2.47. The minimum Gasteiger partial charge on any atom is -0.444 e. The molecule has 1 aliphatic carbocycles. The first kappa shape index (κ1) is 29.9.